The summed E-state index contributed by atoms with van der Waals surface area (Å²) in [5.41, 5.74) is 4.91. The normalized spacial score (nSPS) is 19.0. The largest absolute Gasteiger partial charge is 0.439 e. The van der Waals surface area contributed by atoms with E-state index in [1.54, 1.807) is 0 Å². The lowest BCUT2D eigenvalue weighted by molar-refractivity contribution is -0.347. The Hall–Kier alpha value is -4.35. The van der Waals surface area contributed by atoms with Gasteiger partial charge in [0.2, 0.25) is 5.78 Å². The quantitative estimate of drug-likeness (QED) is 0.196. The van der Waals surface area contributed by atoms with Crippen molar-refractivity contribution in [2.24, 2.45) is 0 Å². The lowest BCUT2D eigenvalue weighted by Gasteiger charge is -2.36. The summed E-state index contributed by atoms with van der Waals surface area (Å²) in [5.74, 6) is 0.368. The monoisotopic (exact) mass is 570 g/mol. The van der Waals surface area contributed by atoms with Crippen LogP contribution in [-0.2, 0) is 22.6 Å². The van der Waals surface area contributed by atoms with Gasteiger partial charge in [0.1, 0.15) is 11.9 Å². The number of fused-ring (bicyclic) bond motifs is 1. The van der Waals surface area contributed by atoms with E-state index >= 15 is 0 Å². The molecule has 0 aliphatic heterocycles. The molecule has 11 nitrogen and oxygen atoms in total. The molecule has 0 spiro atoms. The maximum atomic E-state index is 14.2. The number of benzene rings is 2. The van der Waals surface area contributed by atoms with E-state index < -0.39 is 5.76 Å². The lowest BCUT2D eigenvalue weighted by atomic mass is 9.83. The van der Waals surface area contributed by atoms with Gasteiger partial charge in [-0.25, -0.2) is 19.1 Å². The maximum absolute atomic E-state index is 14.2. The highest BCUT2D eigenvalue weighted by molar-refractivity contribution is 5.80. The fourth-order valence-electron chi connectivity index (χ4n) is 6.13. The Morgan fingerprint density at radius 2 is 1.81 bits per heavy atom. The van der Waals surface area contributed by atoms with E-state index in [2.05, 4.69) is 27.1 Å². The van der Waals surface area contributed by atoms with Gasteiger partial charge in [-0.3, -0.25) is 18.9 Å². The number of nitrogens with zero attached hydrogens (tertiary/aromatic N) is 5. The summed E-state index contributed by atoms with van der Waals surface area (Å²) >= 11 is 0. The Kier molecular flexibility index (Phi) is 7.61. The molecule has 6 rings (SSSR count). The van der Waals surface area contributed by atoms with Crippen LogP contribution in [0.25, 0.3) is 28.3 Å². The SMILES string of the molecule is CCCc1c(Cc2ccc(-c3ccccc3-c3noc(=O)[nH]3)cc2)c(=O)n(C2CCC(C)(OOC)CC2)c2ncnn12. The second-order valence-corrected chi connectivity index (χ2v) is 11.1. The van der Waals surface area contributed by atoms with E-state index in [9.17, 15) is 9.59 Å². The first-order valence-corrected chi connectivity index (χ1v) is 14.3. The highest BCUT2D eigenvalue weighted by Crippen LogP contribution is 2.37. The first-order valence-electron chi connectivity index (χ1n) is 14.3. The van der Waals surface area contributed by atoms with Crippen LogP contribution in [0.2, 0.25) is 0 Å². The summed E-state index contributed by atoms with van der Waals surface area (Å²) in [6, 6.07) is 15.8. The Labute approximate surface area is 242 Å². The van der Waals surface area contributed by atoms with Crippen LogP contribution in [0, 0.1) is 0 Å². The summed E-state index contributed by atoms with van der Waals surface area (Å²) in [7, 11) is 1.53. The van der Waals surface area contributed by atoms with Gasteiger partial charge in [-0.05, 0) is 55.7 Å². The van der Waals surface area contributed by atoms with E-state index in [1.165, 1.54) is 13.4 Å². The van der Waals surface area contributed by atoms with Crippen LogP contribution in [0.3, 0.4) is 0 Å². The van der Waals surface area contributed by atoms with Crippen LogP contribution in [0.1, 0.15) is 68.8 Å². The summed E-state index contributed by atoms with van der Waals surface area (Å²) < 4.78 is 8.42. The number of hydrogen-bond acceptors (Lipinski definition) is 8. The minimum atomic E-state index is -0.599. The zero-order valence-electron chi connectivity index (χ0n) is 24.0. The molecule has 3 heterocycles. The van der Waals surface area contributed by atoms with Crippen molar-refractivity contribution in [3.8, 4) is 22.5 Å². The zero-order valence-corrected chi connectivity index (χ0v) is 24.0. The zero-order chi connectivity index (χ0) is 29.3. The fraction of sp³-hybridized carbons (Fsp3) is 0.387. The number of aromatic nitrogens is 6. The molecule has 0 amide bonds. The molecule has 5 aromatic rings. The molecule has 2 aromatic carbocycles. The molecule has 218 valence electrons. The van der Waals surface area contributed by atoms with Gasteiger partial charge < -0.3 is 0 Å². The van der Waals surface area contributed by atoms with Crippen molar-refractivity contribution in [2.45, 2.75) is 70.4 Å². The van der Waals surface area contributed by atoms with Crippen LogP contribution in [-0.4, -0.2) is 42.0 Å². The van der Waals surface area contributed by atoms with E-state index in [0.717, 1.165) is 72.0 Å². The second-order valence-electron chi connectivity index (χ2n) is 11.1. The predicted molar refractivity (Wildman–Crippen MR) is 156 cm³/mol. The number of aromatic amines is 1. The van der Waals surface area contributed by atoms with Gasteiger partial charge >= 0.3 is 5.76 Å². The predicted octanol–water partition coefficient (Wildman–Crippen LogP) is 4.90. The number of nitrogens with one attached hydrogen (secondary N) is 1. The molecular formula is C31H34N6O5. The first-order chi connectivity index (χ1) is 20.4. The maximum Gasteiger partial charge on any atom is 0.439 e. The van der Waals surface area contributed by atoms with Crippen LogP contribution >= 0.6 is 0 Å². The van der Waals surface area contributed by atoms with Gasteiger partial charge in [0, 0.05) is 23.6 Å². The summed E-state index contributed by atoms with van der Waals surface area (Å²) in [4.78, 5) is 43.5. The molecule has 1 aliphatic rings. The van der Waals surface area contributed by atoms with Gasteiger partial charge in [0.05, 0.1) is 12.8 Å². The average Bonchev–Trinajstić information content (AvgIpc) is 3.66. The third-order valence-corrected chi connectivity index (χ3v) is 8.24. The molecule has 0 radical (unpaired) electrons. The van der Waals surface area contributed by atoms with Crippen molar-refractivity contribution in [1.29, 1.82) is 0 Å². The van der Waals surface area contributed by atoms with Crippen LogP contribution in [0.4, 0.5) is 0 Å². The van der Waals surface area contributed by atoms with Crippen molar-refractivity contribution in [2.75, 3.05) is 7.11 Å². The lowest BCUT2D eigenvalue weighted by Crippen LogP contribution is -2.39. The highest BCUT2D eigenvalue weighted by Gasteiger charge is 2.35. The molecular weight excluding hydrogens is 536 g/mol. The molecule has 1 saturated carbocycles. The first kappa shape index (κ1) is 27.8. The minimum absolute atomic E-state index is 0.00555. The number of rotatable bonds is 9. The fourth-order valence-corrected chi connectivity index (χ4v) is 6.13. The molecule has 0 atom stereocenters. The third kappa shape index (κ3) is 5.21. The summed E-state index contributed by atoms with van der Waals surface area (Å²) in [5, 5.41) is 8.41. The second kappa shape index (κ2) is 11.5. The van der Waals surface area contributed by atoms with Crippen molar-refractivity contribution >= 4 is 5.78 Å². The van der Waals surface area contributed by atoms with E-state index in [0.29, 0.717) is 18.0 Å². The molecule has 3 aromatic heterocycles. The molecule has 11 heteroatoms. The summed E-state index contributed by atoms with van der Waals surface area (Å²) in [6.45, 7) is 4.15. The molecule has 1 fully saturated rings. The van der Waals surface area contributed by atoms with Crippen molar-refractivity contribution < 1.29 is 14.3 Å². The topological polar surface area (TPSA) is 130 Å². The molecule has 42 heavy (non-hydrogen) atoms. The minimum Gasteiger partial charge on any atom is -0.296 e. The van der Waals surface area contributed by atoms with Crippen molar-refractivity contribution in [1.82, 2.24) is 29.3 Å². The Balaban J connectivity index is 1.35. The number of aryl methyl sites for hydroxylation is 1. The van der Waals surface area contributed by atoms with Gasteiger partial charge in [-0.15, -0.1) is 0 Å². The van der Waals surface area contributed by atoms with Crippen LogP contribution < -0.4 is 11.3 Å². The van der Waals surface area contributed by atoms with E-state index in [-0.39, 0.29) is 17.2 Å². The van der Waals surface area contributed by atoms with Crippen molar-refractivity contribution in [3.05, 3.63) is 92.6 Å². The van der Waals surface area contributed by atoms with E-state index in [4.69, 9.17) is 14.3 Å². The molecule has 1 aliphatic carbocycles. The van der Waals surface area contributed by atoms with Gasteiger partial charge in [-0.2, -0.15) is 10.1 Å². The average molecular weight is 571 g/mol. The Morgan fingerprint density at radius 3 is 2.48 bits per heavy atom. The molecule has 0 unspecified atom stereocenters. The van der Waals surface area contributed by atoms with Gasteiger partial charge in [0.15, 0.2) is 5.82 Å². The van der Waals surface area contributed by atoms with Gasteiger partial charge in [-0.1, -0.05) is 67.0 Å². The standard InChI is InChI=1S/C31H34N6O5/c1-4-7-26-25(28(38)36(29-32-19-33-37(26)29)22-14-16-31(2,17-15-22)42-40-3)18-20-10-12-21(13-11-20)23-8-5-6-9-24(23)27-34-30(39)41-35-27/h5-6,8-13,19,22H,4,7,14-18H2,1-3H3,(H,34,35,39). The third-order valence-electron chi connectivity index (χ3n) is 8.24. The van der Waals surface area contributed by atoms with E-state index in [1.807, 2.05) is 64.5 Å². The summed E-state index contributed by atoms with van der Waals surface area (Å²) in [6.07, 6.45) is 6.70. The molecule has 0 bridgehead atoms. The van der Waals surface area contributed by atoms with Crippen LogP contribution in [0.15, 0.2) is 69.0 Å². The number of H-pyrrole nitrogens is 1. The van der Waals surface area contributed by atoms with Crippen LogP contribution in [0.5, 0.6) is 0 Å². The Morgan fingerprint density at radius 1 is 1.07 bits per heavy atom. The molecule has 0 saturated heterocycles. The highest BCUT2D eigenvalue weighted by atomic mass is 17.2. The van der Waals surface area contributed by atoms with Crippen molar-refractivity contribution in [3.63, 3.8) is 0 Å². The Bertz CT molecular complexity index is 1810. The van der Waals surface area contributed by atoms with Gasteiger partial charge in [0.25, 0.3) is 5.56 Å². The number of hydrogen-bond donors (Lipinski definition) is 1. The molecule has 1 N–H and O–H groups in total. The smallest absolute Gasteiger partial charge is 0.296 e.